The number of anilines is 1. The van der Waals surface area contributed by atoms with Crippen molar-refractivity contribution < 1.29 is 4.79 Å². The second-order valence-electron chi connectivity index (χ2n) is 7.45. The molecule has 3 heterocycles. The zero-order valence-electron chi connectivity index (χ0n) is 17.4. The summed E-state index contributed by atoms with van der Waals surface area (Å²) in [5, 5.41) is 7.89. The number of hydrogen-bond acceptors (Lipinski definition) is 6. The van der Waals surface area contributed by atoms with Crippen LogP contribution in [0.25, 0.3) is 22.2 Å². The fourth-order valence-corrected chi connectivity index (χ4v) is 3.91. The molecule has 33 heavy (non-hydrogen) atoms. The largest absolute Gasteiger partial charge is 0.381 e. The number of nitrogens with one attached hydrogen (secondary N) is 1. The quantitative estimate of drug-likeness (QED) is 0.426. The number of halogens is 1. The van der Waals surface area contributed by atoms with E-state index in [-0.39, 0.29) is 16.9 Å². The highest BCUT2D eigenvalue weighted by Crippen LogP contribution is 2.22. The van der Waals surface area contributed by atoms with Gasteiger partial charge in [-0.25, -0.2) is 14.5 Å². The minimum Gasteiger partial charge on any atom is -0.381 e. The Morgan fingerprint density at radius 1 is 1.15 bits per heavy atom. The van der Waals surface area contributed by atoms with E-state index in [1.165, 1.54) is 9.08 Å². The molecule has 164 valence electrons. The van der Waals surface area contributed by atoms with E-state index in [9.17, 15) is 9.59 Å². The fourth-order valence-electron chi connectivity index (χ4n) is 3.75. The second-order valence-corrected chi connectivity index (χ2v) is 7.89. The third-order valence-corrected chi connectivity index (χ3v) is 5.49. The van der Waals surface area contributed by atoms with Gasteiger partial charge in [-0.15, -0.1) is 5.10 Å². The number of hydrogen-bond donors (Lipinski definition) is 2. The maximum atomic E-state index is 13.4. The highest BCUT2D eigenvalue weighted by molar-refractivity contribution is 6.31. The molecule has 3 aromatic heterocycles. The Bertz CT molecular complexity index is 1580. The summed E-state index contributed by atoms with van der Waals surface area (Å²) in [6, 6.07) is 15.1. The molecule has 0 aliphatic heterocycles. The summed E-state index contributed by atoms with van der Waals surface area (Å²) in [7, 11) is 0. The molecule has 0 radical (unpaired) electrons. The Morgan fingerprint density at radius 3 is 2.73 bits per heavy atom. The maximum Gasteiger partial charge on any atom is 0.266 e. The van der Waals surface area contributed by atoms with Gasteiger partial charge < -0.3 is 11.1 Å². The Balaban J connectivity index is 1.63. The van der Waals surface area contributed by atoms with Gasteiger partial charge in [0.25, 0.3) is 11.5 Å². The first-order valence-corrected chi connectivity index (χ1v) is 10.5. The first-order chi connectivity index (χ1) is 15.9. The molecule has 5 rings (SSSR count). The third kappa shape index (κ3) is 3.58. The van der Waals surface area contributed by atoms with E-state index in [0.29, 0.717) is 33.1 Å². The summed E-state index contributed by atoms with van der Waals surface area (Å²) in [5.74, 6) is -0.0804. The van der Waals surface area contributed by atoms with Gasteiger partial charge in [0.15, 0.2) is 11.5 Å². The topological polar surface area (TPSA) is 120 Å². The number of nitrogens with zero attached hydrogens (tertiary/aromatic N) is 5. The molecular formula is C23H18ClN7O2. The summed E-state index contributed by atoms with van der Waals surface area (Å²) in [5.41, 5.74) is 7.27. The number of nitrogen functional groups attached to an aromatic ring is 1. The molecule has 9 nitrogen and oxygen atoms in total. The Kier molecular flexibility index (Phi) is 5.02. The smallest absolute Gasteiger partial charge is 0.266 e. The molecule has 3 N–H and O–H groups in total. The van der Waals surface area contributed by atoms with Crippen molar-refractivity contribution in [3.63, 3.8) is 0 Å². The van der Waals surface area contributed by atoms with Gasteiger partial charge in [-0.05, 0) is 43.3 Å². The number of para-hydroxylation sites is 1. The number of aromatic nitrogens is 5. The molecule has 2 aromatic carbocycles. The van der Waals surface area contributed by atoms with Crippen molar-refractivity contribution in [1.29, 1.82) is 0 Å². The van der Waals surface area contributed by atoms with Crippen LogP contribution in [-0.4, -0.2) is 30.1 Å². The van der Waals surface area contributed by atoms with E-state index in [1.54, 1.807) is 55.7 Å². The number of rotatable bonds is 4. The zero-order chi connectivity index (χ0) is 23.1. The zero-order valence-corrected chi connectivity index (χ0v) is 18.2. The van der Waals surface area contributed by atoms with Crippen molar-refractivity contribution in [2.45, 2.75) is 13.0 Å². The van der Waals surface area contributed by atoms with E-state index in [1.807, 2.05) is 18.2 Å². The van der Waals surface area contributed by atoms with E-state index in [0.717, 1.165) is 0 Å². The average Bonchev–Trinajstić information content (AvgIpc) is 3.15. The molecule has 0 saturated heterocycles. The second kappa shape index (κ2) is 8.03. The Labute approximate surface area is 192 Å². The monoisotopic (exact) mass is 459 g/mol. The molecule has 0 bridgehead atoms. The van der Waals surface area contributed by atoms with Crippen molar-refractivity contribution in [2.75, 3.05) is 5.73 Å². The van der Waals surface area contributed by atoms with Crippen LogP contribution in [0.15, 0.2) is 71.8 Å². The lowest BCUT2D eigenvalue weighted by molar-refractivity contribution is 0.0940. The number of fused-ring (bicyclic) bond motifs is 2. The molecule has 0 saturated carbocycles. The average molecular weight is 460 g/mol. The number of amides is 1. The van der Waals surface area contributed by atoms with E-state index in [2.05, 4.69) is 20.4 Å². The summed E-state index contributed by atoms with van der Waals surface area (Å²) < 4.78 is 2.92. The number of carbonyl (C=O) groups is 1. The SMILES string of the molecule is C[C@H](NC(=O)c1c(N)nn2cccnc12)c1nc2cc(Cl)ccc2c(=O)n1-c1ccccc1. The maximum absolute atomic E-state index is 13.4. The summed E-state index contributed by atoms with van der Waals surface area (Å²) in [6.07, 6.45) is 3.21. The van der Waals surface area contributed by atoms with Crippen LogP contribution >= 0.6 is 11.6 Å². The summed E-state index contributed by atoms with van der Waals surface area (Å²) in [6.45, 7) is 1.74. The Hall–Kier alpha value is -4.24. The first kappa shape index (κ1) is 20.7. The van der Waals surface area contributed by atoms with Gasteiger partial charge >= 0.3 is 0 Å². The van der Waals surface area contributed by atoms with Gasteiger partial charge in [0, 0.05) is 17.4 Å². The predicted octanol–water partition coefficient (Wildman–Crippen LogP) is 3.16. The van der Waals surface area contributed by atoms with Crippen molar-refractivity contribution in [3.8, 4) is 5.69 Å². The van der Waals surface area contributed by atoms with Crippen LogP contribution in [0, 0.1) is 0 Å². The normalized spacial score (nSPS) is 12.2. The Morgan fingerprint density at radius 2 is 1.94 bits per heavy atom. The molecule has 0 fully saturated rings. The molecule has 1 amide bonds. The van der Waals surface area contributed by atoms with E-state index < -0.39 is 11.9 Å². The molecule has 10 heteroatoms. The van der Waals surface area contributed by atoms with Crippen molar-refractivity contribution in [1.82, 2.24) is 29.5 Å². The van der Waals surface area contributed by atoms with Gasteiger partial charge in [-0.1, -0.05) is 29.8 Å². The first-order valence-electron chi connectivity index (χ1n) is 10.1. The molecule has 0 aliphatic rings. The lowest BCUT2D eigenvalue weighted by Crippen LogP contribution is -2.33. The van der Waals surface area contributed by atoms with Gasteiger partial charge in [0.2, 0.25) is 0 Å². The molecule has 0 aliphatic carbocycles. The van der Waals surface area contributed by atoms with Crippen LogP contribution < -0.4 is 16.6 Å². The highest BCUT2D eigenvalue weighted by Gasteiger charge is 2.24. The number of nitrogens with two attached hydrogens (primary N) is 1. The van der Waals surface area contributed by atoms with Crippen molar-refractivity contribution >= 4 is 39.9 Å². The lowest BCUT2D eigenvalue weighted by atomic mass is 10.2. The van der Waals surface area contributed by atoms with Crippen LogP contribution in [0.2, 0.25) is 5.02 Å². The van der Waals surface area contributed by atoms with E-state index >= 15 is 0 Å². The van der Waals surface area contributed by atoms with Crippen LogP contribution in [0.4, 0.5) is 5.82 Å². The summed E-state index contributed by atoms with van der Waals surface area (Å²) in [4.78, 5) is 35.5. The molecule has 1 atom stereocenters. The number of benzene rings is 2. The fraction of sp³-hybridized carbons (Fsp3) is 0.0870. The van der Waals surface area contributed by atoms with Crippen LogP contribution in [0.5, 0.6) is 0 Å². The third-order valence-electron chi connectivity index (χ3n) is 5.26. The highest BCUT2D eigenvalue weighted by atomic mass is 35.5. The molecule has 5 aromatic rings. The molecule has 0 spiro atoms. The summed E-state index contributed by atoms with van der Waals surface area (Å²) >= 11 is 6.14. The molecule has 0 unspecified atom stereocenters. The molecular weight excluding hydrogens is 442 g/mol. The van der Waals surface area contributed by atoms with Crippen molar-refractivity contribution in [3.05, 3.63) is 93.8 Å². The van der Waals surface area contributed by atoms with Gasteiger partial charge in [-0.3, -0.25) is 14.2 Å². The lowest BCUT2D eigenvalue weighted by Gasteiger charge is -2.19. The van der Waals surface area contributed by atoms with Gasteiger partial charge in [-0.2, -0.15) is 0 Å². The van der Waals surface area contributed by atoms with Crippen LogP contribution in [0.1, 0.15) is 29.1 Å². The standard InChI is InChI=1S/C23H18ClN7O2/c1-13(27-22(32)18-19(25)29-30-11-5-10-26-21(18)30)20-28-17-12-14(24)8-9-16(17)23(33)31(20)15-6-3-2-4-7-15/h2-13H,1H3,(H2,25,29)(H,27,32)/t13-/m0/s1. The number of carbonyl (C=O) groups excluding carboxylic acids is 1. The van der Waals surface area contributed by atoms with Crippen LogP contribution in [0.3, 0.4) is 0 Å². The van der Waals surface area contributed by atoms with E-state index in [4.69, 9.17) is 17.3 Å². The van der Waals surface area contributed by atoms with Crippen LogP contribution in [-0.2, 0) is 0 Å². The van der Waals surface area contributed by atoms with Gasteiger partial charge in [0.05, 0.1) is 22.6 Å². The minimum absolute atomic E-state index is 0.0529. The van der Waals surface area contributed by atoms with Gasteiger partial charge in [0.1, 0.15) is 11.4 Å². The minimum atomic E-state index is -0.660. The predicted molar refractivity (Wildman–Crippen MR) is 126 cm³/mol. The van der Waals surface area contributed by atoms with Crippen molar-refractivity contribution in [2.24, 2.45) is 0 Å².